The zero-order valence-electron chi connectivity index (χ0n) is 13.2. The lowest BCUT2D eigenvalue weighted by Gasteiger charge is -2.39. The van der Waals surface area contributed by atoms with Crippen molar-refractivity contribution in [2.45, 2.75) is 56.8 Å². The Balaban J connectivity index is 1.76. The van der Waals surface area contributed by atoms with Crippen molar-refractivity contribution in [3.63, 3.8) is 0 Å². The number of ether oxygens (including phenoxy) is 1. The van der Waals surface area contributed by atoms with Gasteiger partial charge in [-0.15, -0.1) is 0 Å². The molecule has 2 N–H and O–H groups in total. The summed E-state index contributed by atoms with van der Waals surface area (Å²) in [7, 11) is 3.84. The van der Waals surface area contributed by atoms with Crippen molar-refractivity contribution in [2.24, 2.45) is 0 Å². The Morgan fingerprint density at radius 1 is 1.29 bits per heavy atom. The molecule has 0 aromatic heterocycles. The first-order valence-corrected chi connectivity index (χ1v) is 7.93. The molecule has 0 aliphatic carbocycles. The molecule has 21 heavy (non-hydrogen) atoms. The topological polar surface area (TPSA) is 44.7 Å². The van der Waals surface area contributed by atoms with Crippen LogP contribution < -0.4 is 10.1 Å². The highest BCUT2D eigenvalue weighted by atomic mass is 16.5. The van der Waals surface area contributed by atoms with Gasteiger partial charge in [0.2, 0.25) is 0 Å². The summed E-state index contributed by atoms with van der Waals surface area (Å²) in [5.74, 6) is 1.15. The van der Waals surface area contributed by atoms with E-state index in [4.69, 9.17) is 4.74 Å². The second-order valence-corrected chi connectivity index (χ2v) is 6.53. The molecular weight excluding hydrogens is 264 g/mol. The molecule has 2 saturated heterocycles. The zero-order chi connectivity index (χ0) is 15.0. The Labute approximate surface area is 127 Å². The number of hydrogen-bond acceptors (Lipinski definition) is 4. The van der Waals surface area contributed by atoms with Gasteiger partial charge in [0.05, 0.1) is 7.11 Å². The Hall–Kier alpha value is -1.26. The Kier molecular flexibility index (Phi) is 4.09. The highest BCUT2D eigenvalue weighted by Gasteiger charge is 2.36. The van der Waals surface area contributed by atoms with Gasteiger partial charge in [0.1, 0.15) is 11.5 Å². The summed E-state index contributed by atoms with van der Waals surface area (Å²) < 4.78 is 5.29. The number of phenolic OH excluding ortho intramolecular Hbond substituents is 1. The molecule has 4 heteroatoms. The smallest absolute Gasteiger partial charge is 0.120 e. The first kappa shape index (κ1) is 14.7. The number of rotatable bonds is 4. The number of benzene rings is 1. The SMILES string of the molecule is COc1ccc(O)c(C(C)N(C)C2CC3CCC(C2)N3)c1. The molecule has 0 radical (unpaired) electrons. The van der Waals surface area contributed by atoms with Crippen LogP contribution in [0.25, 0.3) is 0 Å². The fourth-order valence-corrected chi connectivity index (χ4v) is 3.89. The monoisotopic (exact) mass is 290 g/mol. The second kappa shape index (κ2) is 5.85. The van der Waals surface area contributed by atoms with Crippen LogP contribution >= 0.6 is 0 Å². The molecule has 0 amide bonds. The molecule has 2 aliphatic rings. The molecule has 2 heterocycles. The number of piperidine rings is 1. The van der Waals surface area contributed by atoms with E-state index in [0.29, 0.717) is 23.9 Å². The third kappa shape index (κ3) is 2.87. The van der Waals surface area contributed by atoms with Crippen LogP contribution in [0.2, 0.25) is 0 Å². The van der Waals surface area contributed by atoms with E-state index < -0.39 is 0 Å². The van der Waals surface area contributed by atoms with Crippen molar-refractivity contribution in [1.29, 1.82) is 0 Å². The van der Waals surface area contributed by atoms with E-state index in [0.717, 1.165) is 11.3 Å². The van der Waals surface area contributed by atoms with Crippen molar-refractivity contribution in [3.05, 3.63) is 23.8 Å². The van der Waals surface area contributed by atoms with E-state index >= 15 is 0 Å². The predicted octanol–water partition coefficient (Wildman–Crippen LogP) is 2.68. The lowest BCUT2D eigenvalue weighted by molar-refractivity contribution is 0.131. The standard InChI is InChI=1S/C17H26N2O2/c1-11(16-10-15(21-3)6-7-17(16)20)19(2)14-8-12-4-5-13(9-14)18-12/h6-7,10-14,18,20H,4-5,8-9H2,1-3H3. The average Bonchev–Trinajstić information content (AvgIpc) is 2.84. The van der Waals surface area contributed by atoms with Crippen LogP contribution in [0.15, 0.2) is 18.2 Å². The lowest BCUT2D eigenvalue weighted by atomic mass is 9.95. The number of fused-ring (bicyclic) bond motifs is 2. The maximum Gasteiger partial charge on any atom is 0.120 e. The van der Waals surface area contributed by atoms with Crippen LogP contribution in [-0.2, 0) is 0 Å². The molecule has 116 valence electrons. The minimum atomic E-state index is 0.183. The first-order valence-electron chi connectivity index (χ1n) is 7.93. The molecule has 3 rings (SSSR count). The van der Waals surface area contributed by atoms with E-state index in [2.05, 4.69) is 24.2 Å². The molecule has 3 atom stereocenters. The van der Waals surface area contributed by atoms with Crippen molar-refractivity contribution >= 4 is 0 Å². The third-order valence-corrected chi connectivity index (χ3v) is 5.32. The quantitative estimate of drug-likeness (QED) is 0.895. The van der Waals surface area contributed by atoms with Crippen molar-refractivity contribution < 1.29 is 9.84 Å². The summed E-state index contributed by atoms with van der Waals surface area (Å²) in [5, 5.41) is 13.9. The highest BCUT2D eigenvalue weighted by molar-refractivity contribution is 5.41. The molecule has 1 aromatic rings. The molecular formula is C17H26N2O2. The minimum absolute atomic E-state index is 0.183. The van der Waals surface area contributed by atoms with Crippen LogP contribution in [0.3, 0.4) is 0 Å². The zero-order valence-corrected chi connectivity index (χ0v) is 13.2. The maximum atomic E-state index is 10.2. The van der Waals surface area contributed by atoms with Crippen molar-refractivity contribution in [1.82, 2.24) is 10.2 Å². The van der Waals surface area contributed by atoms with Crippen LogP contribution in [0.1, 0.15) is 44.2 Å². The summed E-state index contributed by atoms with van der Waals surface area (Å²) in [6.07, 6.45) is 5.05. The van der Waals surface area contributed by atoms with Crippen LogP contribution in [0.5, 0.6) is 11.5 Å². The highest BCUT2D eigenvalue weighted by Crippen LogP contribution is 2.36. The molecule has 0 spiro atoms. The first-order chi connectivity index (χ1) is 10.1. The summed E-state index contributed by atoms with van der Waals surface area (Å²) in [4.78, 5) is 2.42. The molecule has 4 nitrogen and oxygen atoms in total. The van der Waals surface area contributed by atoms with E-state index in [9.17, 15) is 5.11 Å². The van der Waals surface area contributed by atoms with Gasteiger partial charge in [-0.3, -0.25) is 4.90 Å². The van der Waals surface area contributed by atoms with E-state index in [-0.39, 0.29) is 6.04 Å². The third-order valence-electron chi connectivity index (χ3n) is 5.32. The van der Waals surface area contributed by atoms with Crippen LogP contribution in [-0.4, -0.2) is 42.3 Å². The molecule has 0 saturated carbocycles. The van der Waals surface area contributed by atoms with Crippen LogP contribution in [0, 0.1) is 0 Å². The van der Waals surface area contributed by atoms with Gasteiger partial charge in [-0.2, -0.15) is 0 Å². The Morgan fingerprint density at radius 3 is 2.57 bits per heavy atom. The Bertz CT molecular complexity index is 494. The van der Waals surface area contributed by atoms with E-state index in [1.807, 2.05) is 6.07 Å². The number of nitrogens with zero attached hydrogens (tertiary/aromatic N) is 1. The number of methoxy groups -OCH3 is 1. The number of phenols is 1. The van der Waals surface area contributed by atoms with Gasteiger partial charge in [0, 0.05) is 29.7 Å². The van der Waals surface area contributed by atoms with E-state index in [1.165, 1.54) is 25.7 Å². The predicted molar refractivity (Wildman–Crippen MR) is 83.8 cm³/mol. The summed E-state index contributed by atoms with van der Waals surface area (Å²) in [6.45, 7) is 2.17. The number of aromatic hydroxyl groups is 1. The minimum Gasteiger partial charge on any atom is -0.508 e. The van der Waals surface area contributed by atoms with Gasteiger partial charge in [-0.05, 0) is 57.9 Å². The van der Waals surface area contributed by atoms with Gasteiger partial charge < -0.3 is 15.2 Å². The lowest BCUT2D eigenvalue weighted by Crippen LogP contribution is -2.47. The fourth-order valence-electron chi connectivity index (χ4n) is 3.89. The molecule has 2 bridgehead atoms. The van der Waals surface area contributed by atoms with Gasteiger partial charge in [-0.1, -0.05) is 0 Å². The van der Waals surface area contributed by atoms with Crippen molar-refractivity contribution in [2.75, 3.05) is 14.2 Å². The second-order valence-electron chi connectivity index (χ2n) is 6.53. The van der Waals surface area contributed by atoms with Gasteiger partial charge in [0.15, 0.2) is 0 Å². The normalized spacial score (nSPS) is 29.6. The largest absolute Gasteiger partial charge is 0.508 e. The molecule has 1 aromatic carbocycles. The van der Waals surface area contributed by atoms with E-state index in [1.54, 1.807) is 19.2 Å². The summed E-state index contributed by atoms with van der Waals surface area (Å²) in [5.41, 5.74) is 0.947. The molecule has 3 unspecified atom stereocenters. The van der Waals surface area contributed by atoms with Crippen LogP contribution in [0.4, 0.5) is 0 Å². The average molecular weight is 290 g/mol. The summed E-state index contributed by atoms with van der Waals surface area (Å²) >= 11 is 0. The number of hydrogen-bond donors (Lipinski definition) is 2. The van der Waals surface area contributed by atoms with Gasteiger partial charge in [0.25, 0.3) is 0 Å². The Morgan fingerprint density at radius 2 is 1.95 bits per heavy atom. The summed E-state index contributed by atoms with van der Waals surface area (Å²) in [6, 6.07) is 7.61. The fraction of sp³-hybridized carbons (Fsp3) is 0.647. The molecule has 2 aliphatic heterocycles. The van der Waals surface area contributed by atoms with Gasteiger partial charge in [-0.25, -0.2) is 0 Å². The maximum absolute atomic E-state index is 10.2. The van der Waals surface area contributed by atoms with Crippen molar-refractivity contribution in [3.8, 4) is 11.5 Å². The number of nitrogens with one attached hydrogen (secondary N) is 1. The molecule has 2 fully saturated rings. The van der Waals surface area contributed by atoms with Gasteiger partial charge >= 0.3 is 0 Å².